The Morgan fingerprint density at radius 3 is 2.44 bits per heavy atom. The minimum absolute atomic E-state index is 0.280. The molecule has 0 radical (unpaired) electrons. The molecule has 18 heavy (non-hydrogen) atoms. The van der Waals surface area contributed by atoms with Crippen LogP contribution in [0.15, 0.2) is 24.3 Å². The molecule has 3 N–H and O–H groups in total. The Hall–Kier alpha value is -2.01. The van der Waals surface area contributed by atoms with Gasteiger partial charge in [-0.05, 0) is 37.6 Å². The van der Waals surface area contributed by atoms with Crippen LogP contribution in [-0.2, 0) is 6.42 Å². The highest BCUT2D eigenvalue weighted by molar-refractivity contribution is 5.59. The van der Waals surface area contributed by atoms with Crippen LogP contribution in [0.25, 0.3) is 11.4 Å². The lowest BCUT2D eigenvalue weighted by molar-refractivity contribution is 0.628. The van der Waals surface area contributed by atoms with E-state index < -0.39 is 0 Å². The van der Waals surface area contributed by atoms with Gasteiger partial charge in [-0.1, -0.05) is 6.92 Å². The Bertz CT molecular complexity index is 552. The molecule has 2 aromatic rings. The van der Waals surface area contributed by atoms with Crippen LogP contribution < -0.4 is 11.3 Å². The molecule has 1 aromatic carbocycles. The average Bonchev–Trinajstić information content (AvgIpc) is 2.38. The molecule has 0 saturated heterocycles. The van der Waals surface area contributed by atoms with Gasteiger partial charge in [-0.25, -0.2) is 20.2 Å². The van der Waals surface area contributed by atoms with E-state index in [4.69, 9.17) is 5.84 Å². The molecule has 0 bridgehead atoms. The molecular formula is C13H15FN4. The number of hydrogen-bond acceptors (Lipinski definition) is 4. The van der Waals surface area contributed by atoms with E-state index in [2.05, 4.69) is 15.4 Å². The lowest BCUT2D eigenvalue weighted by Crippen LogP contribution is -2.13. The van der Waals surface area contributed by atoms with E-state index >= 15 is 0 Å². The summed E-state index contributed by atoms with van der Waals surface area (Å²) >= 11 is 0. The fourth-order valence-corrected chi connectivity index (χ4v) is 1.87. The van der Waals surface area contributed by atoms with E-state index in [0.29, 0.717) is 11.6 Å². The van der Waals surface area contributed by atoms with Gasteiger partial charge < -0.3 is 5.43 Å². The fourth-order valence-electron chi connectivity index (χ4n) is 1.87. The summed E-state index contributed by atoms with van der Waals surface area (Å²) in [6, 6.07) is 6.07. The summed E-state index contributed by atoms with van der Waals surface area (Å²) in [4.78, 5) is 8.78. The standard InChI is InChI=1S/C13H15FN4/c1-3-11-8(2)16-12(17-13(11)18-15)9-4-6-10(14)7-5-9/h4-7H,3,15H2,1-2H3,(H,16,17,18). The molecule has 0 amide bonds. The monoisotopic (exact) mass is 246 g/mol. The molecule has 94 valence electrons. The van der Waals surface area contributed by atoms with Crippen molar-refractivity contribution in [1.82, 2.24) is 9.97 Å². The first-order valence-corrected chi connectivity index (χ1v) is 5.75. The number of nitrogen functional groups attached to an aromatic ring is 1. The van der Waals surface area contributed by atoms with Gasteiger partial charge in [-0.2, -0.15) is 0 Å². The van der Waals surface area contributed by atoms with Crippen molar-refractivity contribution in [3.05, 3.63) is 41.3 Å². The summed E-state index contributed by atoms with van der Waals surface area (Å²) in [5.74, 6) is 6.34. The number of benzene rings is 1. The zero-order chi connectivity index (χ0) is 13.1. The van der Waals surface area contributed by atoms with Gasteiger partial charge in [0.15, 0.2) is 5.82 Å². The number of halogens is 1. The highest BCUT2D eigenvalue weighted by Gasteiger charge is 2.10. The minimum atomic E-state index is -0.280. The number of hydrazine groups is 1. The Kier molecular flexibility index (Phi) is 3.53. The van der Waals surface area contributed by atoms with Crippen molar-refractivity contribution in [3.63, 3.8) is 0 Å². The first-order valence-electron chi connectivity index (χ1n) is 5.75. The highest BCUT2D eigenvalue weighted by atomic mass is 19.1. The van der Waals surface area contributed by atoms with Gasteiger partial charge in [0.1, 0.15) is 11.6 Å². The van der Waals surface area contributed by atoms with Crippen LogP contribution in [0.3, 0.4) is 0 Å². The molecule has 4 nitrogen and oxygen atoms in total. The second kappa shape index (κ2) is 5.10. The minimum Gasteiger partial charge on any atom is -0.308 e. The molecule has 0 fully saturated rings. The molecule has 5 heteroatoms. The summed E-state index contributed by atoms with van der Waals surface area (Å²) in [7, 11) is 0. The third-order valence-electron chi connectivity index (χ3n) is 2.81. The van der Waals surface area contributed by atoms with E-state index in [1.807, 2.05) is 13.8 Å². The van der Waals surface area contributed by atoms with Crippen molar-refractivity contribution in [2.75, 3.05) is 5.43 Å². The molecule has 1 heterocycles. The number of anilines is 1. The van der Waals surface area contributed by atoms with Gasteiger partial charge >= 0.3 is 0 Å². The van der Waals surface area contributed by atoms with Crippen LogP contribution in [-0.4, -0.2) is 9.97 Å². The van der Waals surface area contributed by atoms with E-state index in [0.717, 1.165) is 23.2 Å². The van der Waals surface area contributed by atoms with Crippen LogP contribution in [0.5, 0.6) is 0 Å². The predicted octanol–water partition coefficient (Wildman–Crippen LogP) is 2.44. The zero-order valence-electron chi connectivity index (χ0n) is 10.4. The Labute approximate surface area is 105 Å². The summed E-state index contributed by atoms with van der Waals surface area (Å²) in [5.41, 5.74) is 5.21. The summed E-state index contributed by atoms with van der Waals surface area (Å²) in [6.45, 7) is 3.93. The summed E-state index contributed by atoms with van der Waals surface area (Å²) in [5, 5.41) is 0. The van der Waals surface area contributed by atoms with Gasteiger partial charge in [-0.3, -0.25) is 0 Å². The van der Waals surface area contributed by atoms with Crippen molar-refractivity contribution >= 4 is 5.82 Å². The molecule has 0 unspecified atom stereocenters. The van der Waals surface area contributed by atoms with Crippen molar-refractivity contribution in [2.24, 2.45) is 5.84 Å². The van der Waals surface area contributed by atoms with E-state index in [-0.39, 0.29) is 5.82 Å². The Morgan fingerprint density at radius 1 is 1.22 bits per heavy atom. The smallest absolute Gasteiger partial charge is 0.161 e. The lowest BCUT2D eigenvalue weighted by atomic mass is 10.1. The quantitative estimate of drug-likeness (QED) is 0.645. The third kappa shape index (κ3) is 2.31. The summed E-state index contributed by atoms with van der Waals surface area (Å²) in [6.07, 6.45) is 0.801. The van der Waals surface area contributed by atoms with Crippen LogP contribution in [0.4, 0.5) is 10.2 Å². The number of nitrogens with one attached hydrogen (secondary N) is 1. The van der Waals surface area contributed by atoms with Crippen LogP contribution in [0, 0.1) is 12.7 Å². The van der Waals surface area contributed by atoms with Crippen molar-refractivity contribution in [2.45, 2.75) is 20.3 Å². The normalized spacial score (nSPS) is 10.4. The maximum absolute atomic E-state index is 12.9. The molecule has 0 atom stereocenters. The highest BCUT2D eigenvalue weighted by Crippen LogP contribution is 2.22. The van der Waals surface area contributed by atoms with Gasteiger partial charge in [0.25, 0.3) is 0 Å². The second-order valence-corrected chi connectivity index (χ2v) is 3.96. The third-order valence-corrected chi connectivity index (χ3v) is 2.81. The second-order valence-electron chi connectivity index (χ2n) is 3.96. The van der Waals surface area contributed by atoms with Crippen molar-refractivity contribution in [1.29, 1.82) is 0 Å². The summed E-state index contributed by atoms with van der Waals surface area (Å²) < 4.78 is 12.9. The van der Waals surface area contributed by atoms with Gasteiger partial charge in [-0.15, -0.1) is 0 Å². The number of nitrogens with zero attached hydrogens (tertiary/aromatic N) is 2. The van der Waals surface area contributed by atoms with Crippen LogP contribution >= 0.6 is 0 Å². The molecule has 1 aromatic heterocycles. The zero-order valence-corrected chi connectivity index (χ0v) is 10.4. The average molecular weight is 246 g/mol. The number of aromatic nitrogens is 2. The Morgan fingerprint density at radius 2 is 1.89 bits per heavy atom. The van der Waals surface area contributed by atoms with Crippen molar-refractivity contribution in [3.8, 4) is 11.4 Å². The first-order chi connectivity index (χ1) is 8.65. The van der Waals surface area contributed by atoms with Crippen LogP contribution in [0.2, 0.25) is 0 Å². The van der Waals surface area contributed by atoms with Gasteiger partial charge in [0, 0.05) is 16.8 Å². The molecule has 0 aliphatic carbocycles. The van der Waals surface area contributed by atoms with Crippen molar-refractivity contribution < 1.29 is 4.39 Å². The lowest BCUT2D eigenvalue weighted by Gasteiger charge is -2.11. The molecule has 0 aliphatic heterocycles. The number of aryl methyl sites for hydroxylation is 1. The van der Waals surface area contributed by atoms with Gasteiger partial charge in [0.2, 0.25) is 0 Å². The maximum Gasteiger partial charge on any atom is 0.161 e. The molecule has 0 saturated carbocycles. The van der Waals surface area contributed by atoms with Gasteiger partial charge in [0.05, 0.1) is 0 Å². The van der Waals surface area contributed by atoms with E-state index in [1.165, 1.54) is 12.1 Å². The maximum atomic E-state index is 12.9. The van der Waals surface area contributed by atoms with E-state index in [1.54, 1.807) is 12.1 Å². The molecular weight excluding hydrogens is 231 g/mol. The topological polar surface area (TPSA) is 63.8 Å². The first kappa shape index (κ1) is 12.4. The fraction of sp³-hybridized carbons (Fsp3) is 0.231. The molecule has 2 rings (SSSR count). The SMILES string of the molecule is CCc1c(C)nc(-c2ccc(F)cc2)nc1NN. The molecule has 0 spiro atoms. The number of nitrogens with two attached hydrogens (primary N) is 1. The largest absolute Gasteiger partial charge is 0.308 e. The predicted molar refractivity (Wildman–Crippen MR) is 69.4 cm³/mol. The molecule has 0 aliphatic rings. The van der Waals surface area contributed by atoms with E-state index in [9.17, 15) is 4.39 Å². The van der Waals surface area contributed by atoms with Crippen LogP contribution in [0.1, 0.15) is 18.2 Å². The Balaban J connectivity index is 2.52. The number of rotatable bonds is 3. The number of hydrogen-bond donors (Lipinski definition) is 2.